The minimum Gasteiger partial charge on any atom is -0.497 e. The van der Waals surface area contributed by atoms with E-state index in [2.05, 4.69) is 0 Å². The highest BCUT2D eigenvalue weighted by atomic mass is 16.5. The molecule has 0 amide bonds. The first-order valence-electron chi connectivity index (χ1n) is 9.17. The van der Waals surface area contributed by atoms with Crippen LogP contribution in [0.2, 0.25) is 0 Å². The molecule has 6 heteroatoms. The molecule has 2 aromatic carbocycles. The largest absolute Gasteiger partial charge is 0.497 e. The molecule has 0 aliphatic carbocycles. The molecule has 0 atom stereocenters. The maximum Gasteiger partial charge on any atom is 0.325 e. The summed E-state index contributed by atoms with van der Waals surface area (Å²) in [4.78, 5) is 37.9. The first kappa shape index (κ1) is 20.1. The van der Waals surface area contributed by atoms with E-state index in [1.807, 2.05) is 6.07 Å². The molecule has 0 radical (unpaired) electrons. The molecule has 0 unspecified atom stereocenters. The van der Waals surface area contributed by atoms with Crippen molar-refractivity contribution < 1.29 is 23.9 Å². The zero-order chi connectivity index (χ0) is 20.8. The highest BCUT2D eigenvalue weighted by Crippen LogP contribution is 2.19. The molecule has 29 heavy (non-hydrogen) atoms. The highest BCUT2D eigenvalue weighted by Gasteiger charge is 2.21. The van der Waals surface area contributed by atoms with Crippen molar-refractivity contribution in [2.75, 3.05) is 13.7 Å². The molecule has 0 saturated carbocycles. The van der Waals surface area contributed by atoms with Gasteiger partial charge >= 0.3 is 5.97 Å². The summed E-state index contributed by atoms with van der Waals surface area (Å²) in [6, 6.07) is 16.9. The van der Waals surface area contributed by atoms with Gasteiger partial charge in [-0.25, -0.2) is 0 Å². The summed E-state index contributed by atoms with van der Waals surface area (Å²) in [5, 5.41) is 0. The zero-order valence-corrected chi connectivity index (χ0v) is 16.3. The van der Waals surface area contributed by atoms with Gasteiger partial charge in [-0.3, -0.25) is 14.4 Å². The molecule has 148 valence electrons. The smallest absolute Gasteiger partial charge is 0.325 e. The molecule has 1 aromatic heterocycles. The van der Waals surface area contributed by atoms with E-state index in [1.54, 1.807) is 62.6 Å². The van der Waals surface area contributed by atoms with Crippen molar-refractivity contribution in [3.63, 3.8) is 0 Å². The van der Waals surface area contributed by atoms with Crippen LogP contribution in [0.3, 0.4) is 0 Å². The van der Waals surface area contributed by atoms with E-state index in [4.69, 9.17) is 9.47 Å². The van der Waals surface area contributed by atoms with Crippen LogP contribution in [-0.4, -0.2) is 35.8 Å². The number of hydrogen-bond donors (Lipinski definition) is 0. The standard InChI is InChI=1S/C23H21NO5/c1-3-29-21(25)15-24-14-18(22(26)17-9-11-19(28-2)12-10-17)13-20(24)23(27)16-7-5-4-6-8-16/h4-14H,3,15H2,1-2H3. The Balaban J connectivity index is 1.97. The lowest BCUT2D eigenvalue weighted by atomic mass is 10.0. The maximum atomic E-state index is 13.0. The number of carbonyl (C=O) groups excluding carboxylic acids is 3. The van der Waals surface area contributed by atoms with E-state index >= 15 is 0 Å². The van der Waals surface area contributed by atoms with Crippen molar-refractivity contribution in [1.29, 1.82) is 0 Å². The Morgan fingerprint density at radius 2 is 1.52 bits per heavy atom. The van der Waals surface area contributed by atoms with Crippen LogP contribution < -0.4 is 4.74 Å². The second-order valence-electron chi connectivity index (χ2n) is 6.30. The third-order valence-corrected chi connectivity index (χ3v) is 4.38. The number of esters is 1. The predicted octanol–water partition coefficient (Wildman–Crippen LogP) is 3.52. The van der Waals surface area contributed by atoms with Gasteiger partial charge in [0.2, 0.25) is 5.78 Å². The number of carbonyl (C=O) groups is 3. The molecular formula is C23H21NO5. The van der Waals surface area contributed by atoms with Gasteiger partial charge in [0.15, 0.2) is 5.78 Å². The third-order valence-electron chi connectivity index (χ3n) is 4.38. The average molecular weight is 391 g/mol. The number of aromatic nitrogens is 1. The quantitative estimate of drug-likeness (QED) is 0.434. The van der Waals surface area contributed by atoms with Crippen molar-refractivity contribution in [3.05, 3.63) is 89.2 Å². The molecular weight excluding hydrogens is 370 g/mol. The van der Waals surface area contributed by atoms with Crippen LogP contribution in [0.1, 0.15) is 38.9 Å². The van der Waals surface area contributed by atoms with Crippen LogP contribution in [0.25, 0.3) is 0 Å². The fraction of sp³-hybridized carbons (Fsp3) is 0.174. The van der Waals surface area contributed by atoms with Crippen molar-refractivity contribution in [2.45, 2.75) is 13.5 Å². The minimum atomic E-state index is -0.478. The molecule has 6 nitrogen and oxygen atoms in total. The van der Waals surface area contributed by atoms with Crippen LogP contribution in [0.4, 0.5) is 0 Å². The van der Waals surface area contributed by atoms with Gasteiger partial charge in [-0.1, -0.05) is 30.3 Å². The number of ether oxygens (including phenoxy) is 2. The van der Waals surface area contributed by atoms with Gasteiger partial charge < -0.3 is 14.0 Å². The van der Waals surface area contributed by atoms with Crippen LogP contribution >= 0.6 is 0 Å². The lowest BCUT2D eigenvalue weighted by Crippen LogP contribution is -2.17. The second-order valence-corrected chi connectivity index (χ2v) is 6.30. The van der Waals surface area contributed by atoms with Gasteiger partial charge in [-0.05, 0) is 37.3 Å². The Kier molecular flexibility index (Phi) is 6.24. The van der Waals surface area contributed by atoms with Gasteiger partial charge in [-0.15, -0.1) is 0 Å². The summed E-state index contributed by atoms with van der Waals surface area (Å²) >= 11 is 0. The van der Waals surface area contributed by atoms with Crippen molar-refractivity contribution in [1.82, 2.24) is 4.57 Å². The SMILES string of the molecule is CCOC(=O)Cn1cc(C(=O)c2ccc(OC)cc2)cc1C(=O)c1ccccc1. The molecule has 1 heterocycles. The Labute approximate surface area is 168 Å². The van der Waals surface area contributed by atoms with E-state index in [9.17, 15) is 14.4 Å². The number of benzene rings is 2. The molecule has 0 aliphatic heterocycles. The summed E-state index contributed by atoms with van der Waals surface area (Å²) in [6.45, 7) is 1.79. The van der Waals surface area contributed by atoms with Crippen LogP contribution in [0, 0.1) is 0 Å². The van der Waals surface area contributed by atoms with Crippen molar-refractivity contribution >= 4 is 17.5 Å². The molecule has 0 aliphatic rings. The Bertz CT molecular complexity index is 1020. The fourth-order valence-electron chi connectivity index (χ4n) is 2.95. The first-order valence-corrected chi connectivity index (χ1v) is 9.17. The lowest BCUT2D eigenvalue weighted by molar-refractivity contribution is -0.143. The van der Waals surface area contributed by atoms with E-state index in [0.29, 0.717) is 22.4 Å². The Morgan fingerprint density at radius 1 is 0.862 bits per heavy atom. The third kappa shape index (κ3) is 4.60. The van der Waals surface area contributed by atoms with Crippen molar-refractivity contribution in [3.8, 4) is 5.75 Å². The second kappa shape index (κ2) is 9.01. The van der Waals surface area contributed by atoms with Crippen molar-refractivity contribution in [2.24, 2.45) is 0 Å². The number of methoxy groups -OCH3 is 1. The Morgan fingerprint density at radius 3 is 2.14 bits per heavy atom. The summed E-state index contributed by atoms with van der Waals surface area (Å²) < 4.78 is 11.6. The molecule has 0 spiro atoms. The molecule has 3 aromatic rings. The number of ketones is 2. The summed E-state index contributed by atoms with van der Waals surface area (Å²) in [5.74, 6) is -0.365. The van der Waals surface area contributed by atoms with E-state index in [1.165, 1.54) is 16.8 Å². The van der Waals surface area contributed by atoms with Gasteiger partial charge in [-0.2, -0.15) is 0 Å². The van der Waals surface area contributed by atoms with Gasteiger partial charge in [0.1, 0.15) is 12.3 Å². The van der Waals surface area contributed by atoms with E-state index in [0.717, 1.165) is 0 Å². The summed E-state index contributed by atoms with van der Waals surface area (Å²) in [5.41, 5.74) is 1.50. The summed E-state index contributed by atoms with van der Waals surface area (Å²) in [7, 11) is 1.55. The summed E-state index contributed by atoms with van der Waals surface area (Å²) in [6.07, 6.45) is 1.51. The maximum absolute atomic E-state index is 13.0. The van der Waals surface area contributed by atoms with Crippen LogP contribution in [-0.2, 0) is 16.1 Å². The zero-order valence-electron chi connectivity index (χ0n) is 16.3. The molecule has 0 saturated heterocycles. The minimum absolute atomic E-state index is 0.155. The van der Waals surface area contributed by atoms with E-state index in [-0.39, 0.29) is 30.4 Å². The number of rotatable bonds is 8. The van der Waals surface area contributed by atoms with Gasteiger partial charge in [0.05, 0.1) is 19.4 Å². The molecule has 0 N–H and O–H groups in total. The molecule has 3 rings (SSSR count). The predicted molar refractivity (Wildman–Crippen MR) is 107 cm³/mol. The molecule has 0 fully saturated rings. The topological polar surface area (TPSA) is 74.6 Å². The van der Waals surface area contributed by atoms with E-state index < -0.39 is 5.97 Å². The average Bonchev–Trinajstić information content (AvgIpc) is 3.17. The van der Waals surface area contributed by atoms with Gasteiger partial charge in [0, 0.05) is 22.9 Å². The monoisotopic (exact) mass is 391 g/mol. The van der Waals surface area contributed by atoms with Crippen LogP contribution in [0.5, 0.6) is 5.75 Å². The normalized spacial score (nSPS) is 10.4. The highest BCUT2D eigenvalue weighted by molar-refractivity contribution is 6.13. The first-order chi connectivity index (χ1) is 14.0. The van der Waals surface area contributed by atoms with Gasteiger partial charge in [0.25, 0.3) is 0 Å². The fourth-order valence-corrected chi connectivity index (χ4v) is 2.95. The van der Waals surface area contributed by atoms with Crippen LogP contribution in [0.15, 0.2) is 66.9 Å². The lowest BCUT2D eigenvalue weighted by Gasteiger charge is -2.08. The molecule has 0 bridgehead atoms. The number of nitrogens with zero attached hydrogens (tertiary/aromatic N) is 1. The number of hydrogen-bond acceptors (Lipinski definition) is 5. The Hall–Kier alpha value is -3.67.